The highest BCUT2D eigenvalue weighted by Crippen LogP contribution is 2.36. The van der Waals surface area contributed by atoms with E-state index in [0.29, 0.717) is 30.5 Å². The summed E-state index contributed by atoms with van der Waals surface area (Å²) in [4.78, 5) is 27.1. The third-order valence-electron chi connectivity index (χ3n) is 5.32. The average molecular weight is 392 g/mol. The molecule has 9 heteroatoms. The van der Waals surface area contributed by atoms with Gasteiger partial charge in [-0.15, -0.1) is 5.10 Å². The number of hydrogen-bond acceptors (Lipinski definition) is 6. The number of carbonyl (C=O) groups is 2. The largest absolute Gasteiger partial charge is 0.459 e. The molecule has 1 aliphatic carbocycles. The molecule has 29 heavy (non-hydrogen) atoms. The summed E-state index contributed by atoms with van der Waals surface area (Å²) in [6, 6.07) is 10.6. The van der Waals surface area contributed by atoms with E-state index in [1.54, 1.807) is 17.0 Å². The van der Waals surface area contributed by atoms with Crippen molar-refractivity contribution in [3.63, 3.8) is 0 Å². The van der Waals surface area contributed by atoms with E-state index >= 15 is 0 Å². The Kier molecular flexibility index (Phi) is 4.34. The standard InChI is InChI=1S/C20H20N6O3/c27-19(16-6-2-10-25(16)20(28)17-7-3-11-29-17)21-14-5-1-4-13(12-14)18-22-23-24-26(18)15-8-9-15/h1,3-5,7,11-12,15-16H,2,6,8-10H2,(H,21,27). The van der Waals surface area contributed by atoms with Crippen molar-refractivity contribution in [3.05, 3.63) is 48.4 Å². The summed E-state index contributed by atoms with van der Waals surface area (Å²) in [5.74, 6) is 0.476. The maximum atomic E-state index is 12.9. The molecule has 1 unspecified atom stereocenters. The number of amides is 2. The molecule has 5 rings (SSSR count). The minimum atomic E-state index is -0.520. The van der Waals surface area contributed by atoms with Gasteiger partial charge in [0.1, 0.15) is 6.04 Å². The Balaban J connectivity index is 1.33. The Labute approximate surface area is 166 Å². The van der Waals surface area contributed by atoms with E-state index in [1.807, 2.05) is 28.9 Å². The second-order valence-corrected chi connectivity index (χ2v) is 7.38. The fourth-order valence-electron chi connectivity index (χ4n) is 3.73. The fraction of sp³-hybridized carbons (Fsp3) is 0.350. The first-order valence-electron chi connectivity index (χ1n) is 9.74. The third-order valence-corrected chi connectivity index (χ3v) is 5.32. The molecule has 2 aliphatic rings. The molecule has 1 saturated heterocycles. The molecule has 3 heterocycles. The van der Waals surface area contributed by atoms with Gasteiger partial charge in [0.2, 0.25) is 5.91 Å². The molecule has 1 N–H and O–H groups in total. The second kappa shape index (κ2) is 7.16. The van der Waals surface area contributed by atoms with Crippen molar-refractivity contribution in [1.29, 1.82) is 0 Å². The van der Waals surface area contributed by atoms with Gasteiger partial charge in [0.15, 0.2) is 11.6 Å². The maximum absolute atomic E-state index is 12.9. The van der Waals surface area contributed by atoms with Gasteiger partial charge in [-0.3, -0.25) is 9.59 Å². The molecule has 2 aromatic heterocycles. The van der Waals surface area contributed by atoms with Crippen LogP contribution in [0.15, 0.2) is 47.1 Å². The Morgan fingerprint density at radius 2 is 2.03 bits per heavy atom. The van der Waals surface area contributed by atoms with Gasteiger partial charge in [-0.25, -0.2) is 4.68 Å². The predicted octanol–water partition coefficient (Wildman–Crippen LogP) is 2.51. The van der Waals surface area contributed by atoms with Gasteiger partial charge in [-0.1, -0.05) is 12.1 Å². The molecule has 2 amide bonds. The first-order valence-corrected chi connectivity index (χ1v) is 9.74. The minimum Gasteiger partial charge on any atom is -0.459 e. The Hall–Kier alpha value is -3.49. The van der Waals surface area contributed by atoms with Crippen LogP contribution in [-0.2, 0) is 4.79 Å². The van der Waals surface area contributed by atoms with Gasteiger partial charge in [-0.2, -0.15) is 0 Å². The van der Waals surface area contributed by atoms with Crippen LogP contribution in [0, 0.1) is 0 Å². The number of anilines is 1. The average Bonchev–Trinajstić information content (AvgIpc) is 3.19. The summed E-state index contributed by atoms with van der Waals surface area (Å²) in [6.45, 7) is 0.536. The van der Waals surface area contributed by atoms with Gasteiger partial charge in [-0.05, 0) is 60.4 Å². The van der Waals surface area contributed by atoms with E-state index in [2.05, 4.69) is 20.8 Å². The van der Waals surface area contributed by atoms with Crippen LogP contribution in [0.1, 0.15) is 42.3 Å². The first kappa shape index (κ1) is 17.6. The van der Waals surface area contributed by atoms with Crippen LogP contribution in [0.2, 0.25) is 0 Å². The number of carbonyl (C=O) groups excluding carboxylic acids is 2. The molecule has 1 saturated carbocycles. The molecule has 0 bridgehead atoms. The van der Waals surface area contributed by atoms with Gasteiger partial charge < -0.3 is 14.6 Å². The monoisotopic (exact) mass is 392 g/mol. The number of nitrogens with zero attached hydrogens (tertiary/aromatic N) is 5. The van der Waals surface area contributed by atoms with E-state index in [1.165, 1.54) is 6.26 Å². The van der Waals surface area contributed by atoms with Crippen LogP contribution in [-0.4, -0.2) is 49.5 Å². The van der Waals surface area contributed by atoms with Crippen LogP contribution in [0.5, 0.6) is 0 Å². The zero-order chi connectivity index (χ0) is 19.8. The molecule has 148 valence electrons. The van der Waals surface area contributed by atoms with E-state index in [4.69, 9.17) is 4.42 Å². The predicted molar refractivity (Wildman–Crippen MR) is 103 cm³/mol. The summed E-state index contributed by atoms with van der Waals surface area (Å²) in [5.41, 5.74) is 1.49. The molecule has 0 radical (unpaired) electrons. The smallest absolute Gasteiger partial charge is 0.290 e. The van der Waals surface area contributed by atoms with Gasteiger partial charge in [0.05, 0.1) is 12.3 Å². The highest BCUT2D eigenvalue weighted by Gasteiger charge is 2.35. The molecule has 1 atom stereocenters. The van der Waals surface area contributed by atoms with Gasteiger partial charge in [0, 0.05) is 17.8 Å². The van der Waals surface area contributed by atoms with E-state index < -0.39 is 6.04 Å². The van der Waals surface area contributed by atoms with E-state index in [9.17, 15) is 9.59 Å². The fourth-order valence-corrected chi connectivity index (χ4v) is 3.73. The Morgan fingerprint density at radius 3 is 2.83 bits per heavy atom. The number of tetrazole rings is 1. The van der Waals surface area contributed by atoms with E-state index in [-0.39, 0.29) is 17.6 Å². The lowest BCUT2D eigenvalue weighted by Crippen LogP contribution is -2.43. The van der Waals surface area contributed by atoms with Gasteiger partial charge in [0.25, 0.3) is 5.91 Å². The molecule has 3 aromatic rings. The number of likely N-dealkylation sites (tertiary alicyclic amines) is 1. The van der Waals surface area contributed by atoms with Crippen molar-refractivity contribution in [2.75, 3.05) is 11.9 Å². The van der Waals surface area contributed by atoms with Gasteiger partial charge >= 0.3 is 0 Å². The summed E-state index contributed by atoms with van der Waals surface area (Å²) >= 11 is 0. The third kappa shape index (κ3) is 3.39. The summed E-state index contributed by atoms with van der Waals surface area (Å²) in [6.07, 6.45) is 5.02. The van der Waals surface area contributed by atoms with Crippen molar-refractivity contribution in [2.24, 2.45) is 0 Å². The molecule has 1 aromatic carbocycles. The summed E-state index contributed by atoms with van der Waals surface area (Å²) in [5, 5.41) is 14.9. The molecule has 0 spiro atoms. The SMILES string of the molecule is O=C(Nc1cccc(-c2nnnn2C2CC2)c1)C1CCCN1C(=O)c1ccco1. The molecule has 2 fully saturated rings. The molecule has 1 aliphatic heterocycles. The second-order valence-electron chi connectivity index (χ2n) is 7.38. The lowest BCUT2D eigenvalue weighted by atomic mass is 10.1. The topological polar surface area (TPSA) is 106 Å². The molecular weight excluding hydrogens is 372 g/mol. The highest BCUT2D eigenvalue weighted by atomic mass is 16.3. The molecule has 9 nitrogen and oxygen atoms in total. The number of benzene rings is 1. The Bertz CT molecular complexity index is 1040. The van der Waals surface area contributed by atoms with E-state index in [0.717, 1.165) is 24.8 Å². The lowest BCUT2D eigenvalue weighted by molar-refractivity contribution is -0.119. The molecular formula is C20H20N6O3. The number of nitrogens with one attached hydrogen (secondary N) is 1. The van der Waals surface area contributed by atoms with Crippen LogP contribution in [0.4, 0.5) is 5.69 Å². The summed E-state index contributed by atoms with van der Waals surface area (Å²) in [7, 11) is 0. The zero-order valence-electron chi connectivity index (χ0n) is 15.7. The van der Waals surface area contributed by atoms with Crippen LogP contribution < -0.4 is 5.32 Å². The Morgan fingerprint density at radius 1 is 1.14 bits per heavy atom. The lowest BCUT2D eigenvalue weighted by Gasteiger charge is -2.23. The zero-order valence-corrected chi connectivity index (χ0v) is 15.7. The minimum absolute atomic E-state index is 0.207. The van der Waals surface area contributed by atoms with Crippen molar-refractivity contribution in [2.45, 2.75) is 37.8 Å². The van der Waals surface area contributed by atoms with Crippen LogP contribution in [0.25, 0.3) is 11.4 Å². The van der Waals surface area contributed by atoms with Crippen LogP contribution in [0.3, 0.4) is 0 Å². The number of aromatic nitrogens is 4. The highest BCUT2D eigenvalue weighted by molar-refractivity contribution is 6.00. The van der Waals surface area contributed by atoms with Crippen molar-refractivity contribution in [1.82, 2.24) is 25.1 Å². The number of hydrogen-bond donors (Lipinski definition) is 1. The summed E-state index contributed by atoms with van der Waals surface area (Å²) < 4.78 is 7.04. The quantitative estimate of drug-likeness (QED) is 0.715. The number of furan rings is 1. The first-order chi connectivity index (χ1) is 14.2. The normalized spacial score (nSPS) is 18.8. The van der Waals surface area contributed by atoms with Crippen molar-refractivity contribution in [3.8, 4) is 11.4 Å². The van der Waals surface area contributed by atoms with Crippen LogP contribution >= 0.6 is 0 Å². The number of rotatable bonds is 5. The van der Waals surface area contributed by atoms with Crippen molar-refractivity contribution >= 4 is 17.5 Å². The maximum Gasteiger partial charge on any atom is 0.290 e. The van der Waals surface area contributed by atoms with Crippen molar-refractivity contribution < 1.29 is 14.0 Å².